The second-order valence-corrected chi connectivity index (χ2v) is 6.95. The largest absolute Gasteiger partial charge is 0.497 e. The number of rotatable bonds is 4. The molecular weight excluding hydrogens is 356 g/mol. The van der Waals surface area contributed by atoms with Crippen molar-refractivity contribution in [2.75, 3.05) is 19.1 Å². The number of carbonyl (C=O) groups excluding carboxylic acids is 2. The molecule has 0 N–H and O–H groups in total. The standard InChI is InChI=1S/C22H22N2O4/c1-27-15-8-9-17(20(11-15)28-2)24-18-6-3-7-19(25)22(18)16(12-21(24)26)14-5-4-10-23-13-14/h4-5,8-11,13,16H,3,6-7,12H2,1-2H3. The molecule has 0 saturated carbocycles. The van der Waals surface area contributed by atoms with Gasteiger partial charge in [-0.3, -0.25) is 19.5 Å². The summed E-state index contributed by atoms with van der Waals surface area (Å²) in [4.78, 5) is 32.0. The highest BCUT2D eigenvalue weighted by atomic mass is 16.5. The number of anilines is 1. The molecule has 2 heterocycles. The Labute approximate surface area is 163 Å². The third-order valence-electron chi connectivity index (χ3n) is 5.39. The zero-order chi connectivity index (χ0) is 19.7. The van der Waals surface area contributed by atoms with Crippen molar-refractivity contribution in [2.45, 2.75) is 31.6 Å². The van der Waals surface area contributed by atoms with Crippen molar-refractivity contribution >= 4 is 17.4 Å². The first-order valence-corrected chi connectivity index (χ1v) is 9.35. The molecule has 1 amide bonds. The summed E-state index contributed by atoms with van der Waals surface area (Å²) in [6.07, 6.45) is 5.59. The minimum absolute atomic E-state index is 0.0502. The summed E-state index contributed by atoms with van der Waals surface area (Å²) in [5.74, 6) is 1.000. The monoisotopic (exact) mass is 378 g/mol. The average Bonchev–Trinajstić information content (AvgIpc) is 2.73. The van der Waals surface area contributed by atoms with Gasteiger partial charge in [0.2, 0.25) is 5.91 Å². The number of aromatic nitrogens is 1. The Morgan fingerprint density at radius 3 is 2.68 bits per heavy atom. The molecule has 2 aromatic rings. The second-order valence-electron chi connectivity index (χ2n) is 6.95. The molecule has 144 valence electrons. The third kappa shape index (κ3) is 3.05. The molecule has 4 rings (SSSR count). The van der Waals surface area contributed by atoms with E-state index in [1.807, 2.05) is 18.2 Å². The summed E-state index contributed by atoms with van der Waals surface area (Å²) in [5, 5.41) is 0. The molecule has 0 saturated heterocycles. The van der Waals surface area contributed by atoms with Gasteiger partial charge in [0.1, 0.15) is 11.5 Å². The molecule has 28 heavy (non-hydrogen) atoms. The van der Waals surface area contributed by atoms with Gasteiger partial charge in [-0.2, -0.15) is 0 Å². The number of hydrogen-bond donors (Lipinski definition) is 0. The van der Waals surface area contributed by atoms with E-state index in [0.717, 1.165) is 23.3 Å². The Kier molecular flexibility index (Phi) is 4.86. The molecule has 0 radical (unpaired) electrons. The van der Waals surface area contributed by atoms with Crippen molar-refractivity contribution in [1.82, 2.24) is 4.98 Å². The lowest BCUT2D eigenvalue weighted by molar-refractivity contribution is -0.120. The molecule has 1 aromatic heterocycles. The van der Waals surface area contributed by atoms with Crippen LogP contribution in [0.2, 0.25) is 0 Å². The Bertz CT molecular complexity index is 952. The van der Waals surface area contributed by atoms with Crippen LogP contribution in [0.15, 0.2) is 54.0 Å². The number of methoxy groups -OCH3 is 2. The van der Waals surface area contributed by atoms with Gasteiger partial charge in [0.25, 0.3) is 0 Å². The Morgan fingerprint density at radius 1 is 1.11 bits per heavy atom. The molecule has 1 aliphatic carbocycles. The van der Waals surface area contributed by atoms with Crippen molar-refractivity contribution in [2.24, 2.45) is 0 Å². The van der Waals surface area contributed by atoms with Gasteiger partial charge in [0.05, 0.1) is 19.9 Å². The summed E-state index contributed by atoms with van der Waals surface area (Å²) in [6, 6.07) is 9.13. The van der Waals surface area contributed by atoms with E-state index in [-0.39, 0.29) is 24.0 Å². The summed E-state index contributed by atoms with van der Waals surface area (Å²) in [5.41, 5.74) is 3.06. The van der Waals surface area contributed by atoms with Crippen molar-refractivity contribution in [3.8, 4) is 11.5 Å². The zero-order valence-corrected chi connectivity index (χ0v) is 16.0. The lowest BCUT2D eigenvalue weighted by Crippen LogP contribution is -2.40. The van der Waals surface area contributed by atoms with Crippen LogP contribution in [0.5, 0.6) is 11.5 Å². The number of benzene rings is 1. The van der Waals surface area contributed by atoms with Gasteiger partial charge in [0.15, 0.2) is 5.78 Å². The molecule has 0 spiro atoms. The first-order chi connectivity index (χ1) is 13.6. The molecule has 0 fully saturated rings. The van der Waals surface area contributed by atoms with E-state index in [1.54, 1.807) is 43.6 Å². The summed E-state index contributed by atoms with van der Waals surface area (Å²) < 4.78 is 10.8. The number of pyridine rings is 1. The summed E-state index contributed by atoms with van der Waals surface area (Å²) in [7, 11) is 3.14. The fourth-order valence-electron chi connectivity index (χ4n) is 4.11. The highest BCUT2D eigenvalue weighted by Gasteiger charge is 2.40. The second kappa shape index (κ2) is 7.46. The Balaban J connectivity index is 1.87. The van der Waals surface area contributed by atoms with Crippen molar-refractivity contribution in [3.05, 3.63) is 59.6 Å². The Morgan fingerprint density at radius 2 is 1.96 bits per heavy atom. The molecule has 1 atom stereocenters. The van der Waals surface area contributed by atoms with Crippen molar-refractivity contribution < 1.29 is 19.1 Å². The predicted octanol–water partition coefficient (Wildman–Crippen LogP) is 3.63. The van der Waals surface area contributed by atoms with E-state index in [9.17, 15) is 9.59 Å². The number of allylic oxidation sites excluding steroid dienone is 2. The Hall–Kier alpha value is -3.15. The lowest BCUT2D eigenvalue weighted by Gasteiger charge is -2.38. The first-order valence-electron chi connectivity index (χ1n) is 9.35. The maximum absolute atomic E-state index is 13.2. The fourth-order valence-corrected chi connectivity index (χ4v) is 4.11. The molecule has 1 aromatic carbocycles. The molecule has 1 aliphatic heterocycles. The number of hydrogen-bond acceptors (Lipinski definition) is 5. The number of amides is 1. The van der Waals surface area contributed by atoms with E-state index in [2.05, 4.69) is 4.98 Å². The fraction of sp³-hybridized carbons (Fsp3) is 0.318. The molecule has 0 bridgehead atoms. The third-order valence-corrected chi connectivity index (χ3v) is 5.39. The number of nitrogens with zero attached hydrogens (tertiary/aromatic N) is 2. The number of ketones is 1. The van der Waals surface area contributed by atoms with Gasteiger partial charge in [-0.25, -0.2) is 0 Å². The van der Waals surface area contributed by atoms with Crippen LogP contribution in [0.4, 0.5) is 5.69 Å². The first kappa shape index (κ1) is 18.2. The van der Waals surface area contributed by atoms with E-state index in [0.29, 0.717) is 30.0 Å². The van der Waals surface area contributed by atoms with Gasteiger partial charge in [-0.15, -0.1) is 0 Å². The smallest absolute Gasteiger partial charge is 0.232 e. The van der Waals surface area contributed by atoms with Crippen LogP contribution in [0.3, 0.4) is 0 Å². The average molecular weight is 378 g/mol. The van der Waals surface area contributed by atoms with Crippen LogP contribution in [0.25, 0.3) is 0 Å². The highest BCUT2D eigenvalue weighted by molar-refractivity contribution is 6.08. The van der Waals surface area contributed by atoms with Gasteiger partial charge >= 0.3 is 0 Å². The highest BCUT2D eigenvalue weighted by Crippen LogP contribution is 2.45. The van der Waals surface area contributed by atoms with Crippen molar-refractivity contribution in [1.29, 1.82) is 0 Å². The molecule has 1 unspecified atom stereocenters. The van der Waals surface area contributed by atoms with E-state index in [1.165, 1.54) is 0 Å². The normalized spacial score (nSPS) is 19.5. The van der Waals surface area contributed by atoms with Crippen LogP contribution in [0.1, 0.15) is 37.2 Å². The molecular formula is C22H22N2O4. The van der Waals surface area contributed by atoms with Gasteiger partial charge in [0, 0.05) is 48.5 Å². The van der Waals surface area contributed by atoms with Crippen LogP contribution >= 0.6 is 0 Å². The van der Waals surface area contributed by atoms with Crippen LogP contribution in [0, 0.1) is 0 Å². The van der Waals surface area contributed by atoms with Crippen LogP contribution in [-0.2, 0) is 9.59 Å². The van der Waals surface area contributed by atoms with Crippen LogP contribution < -0.4 is 14.4 Å². The zero-order valence-electron chi connectivity index (χ0n) is 16.0. The minimum atomic E-state index is -0.246. The quantitative estimate of drug-likeness (QED) is 0.813. The SMILES string of the molecule is COc1ccc(N2C(=O)CC(c3cccnc3)C3=C2CCCC3=O)c(OC)c1. The number of carbonyl (C=O) groups is 2. The maximum Gasteiger partial charge on any atom is 0.232 e. The molecule has 6 heteroatoms. The number of ether oxygens (including phenoxy) is 2. The minimum Gasteiger partial charge on any atom is -0.497 e. The van der Waals surface area contributed by atoms with Gasteiger partial charge in [-0.1, -0.05) is 6.07 Å². The van der Waals surface area contributed by atoms with Crippen LogP contribution in [-0.4, -0.2) is 30.9 Å². The van der Waals surface area contributed by atoms with Gasteiger partial charge in [-0.05, 0) is 36.6 Å². The van der Waals surface area contributed by atoms with E-state index >= 15 is 0 Å². The number of Topliss-reactive ketones (excluding diaryl/α,β-unsaturated/α-hetero) is 1. The van der Waals surface area contributed by atoms with Crippen molar-refractivity contribution in [3.63, 3.8) is 0 Å². The van der Waals surface area contributed by atoms with E-state index < -0.39 is 0 Å². The summed E-state index contributed by atoms with van der Waals surface area (Å²) >= 11 is 0. The topological polar surface area (TPSA) is 68.7 Å². The van der Waals surface area contributed by atoms with Gasteiger partial charge < -0.3 is 9.47 Å². The molecule has 2 aliphatic rings. The van der Waals surface area contributed by atoms with E-state index in [4.69, 9.17) is 9.47 Å². The maximum atomic E-state index is 13.2. The summed E-state index contributed by atoms with van der Waals surface area (Å²) in [6.45, 7) is 0. The lowest BCUT2D eigenvalue weighted by atomic mass is 9.77. The molecule has 6 nitrogen and oxygen atoms in total. The predicted molar refractivity (Wildman–Crippen MR) is 105 cm³/mol.